The quantitative estimate of drug-likeness (QED) is 0.335. The second kappa shape index (κ2) is 7.60. The summed E-state index contributed by atoms with van der Waals surface area (Å²) in [6, 6.07) is 5.02. The number of amides is 2. The Morgan fingerprint density at radius 2 is 1.76 bits per heavy atom. The van der Waals surface area contributed by atoms with Crippen molar-refractivity contribution in [1.29, 1.82) is 0 Å². The predicted octanol–water partition coefficient (Wildman–Crippen LogP) is 4.38. The molecule has 1 saturated heterocycles. The molecule has 1 aromatic carbocycles. The number of halogens is 1. The van der Waals surface area contributed by atoms with Gasteiger partial charge in [-0.1, -0.05) is 27.6 Å². The van der Waals surface area contributed by atoms with Crippen LogP contribution in [0.2, 0.25) is 0 Å². The number of rotatable bonds is 1. The van der Waals surface area contributed by atoms with Gasteiger partial charge in [0.1, 0.15) is 5.75 Å². The number of carbonyl (C=O) groups is 4. The Bertz CT molecular complexity index is 1280. The number of hydrogen-bond acceptors (Lipinski definition) is 5. The van der Waals surface area contributed by atoms with E-state index in [0.29, 0.717) is 28.7 Å². The summed E-state index contributed by atoms with van der Waals surface area (Å²) >= 11 is 3.45. The summed E-state index contributed by atoms with van der Waals surface area (Å²) in [5, 5.41) is 10.8. The van der Waals surface area contributed by atoms with Gasteiger partial charge in [0.2, 0.25) is 11.8 Å². The van der Waals surface area contributed by atoms with Crippen LogP contribution in [0.1, 0.15) is 52.0 Å². The first-order valence-electron chi connectivity index (χ1n) is 11.5. The van der Waals surface area contributed by atoms with E-state index in [0.717, 1.165) is 10.0 Å². The minimum Gasteiger partial charge on any atom is -0.508 e. The van der Waals surface area contributed by atoms with Gasteiger partial charge in [0, 0.05) is 38.2 Å². The number of allylic oxidation sites excluding steroid dienone is 6. The topological polar surface area (TPSA) is 91.8 Å². The third-order valence-corrected chi connectivity index (χ3v) is 8.03. The van der Waals surface area contributed by atoms with Gasteiger partial charge in [-0.15, -0.1) is 0 Å². The molecule has 0 radical (unpaired) electrons. The van der Waals surface area contributed by atoms with Crippen LogP contribution in [0.3, 0.4) is 0 Å². The highest BCUT2D eigenvalue weighted by Gasteiger charge is 2.58. The summed E-state index contributed by atoms with van der Waals surface area (Å²) in [6.45, 7) is 7.15. The molecule has 0 bridgehead atoms. The number of ketones is 2. The van der Waals surface area contributed by atoms with Crippen molar-refractivity contribution in [1.82, 2.24) is 4.90 Å². The average molecular weight is 524 g/mol. The third kappa shape index (κ3) is 3.20. The van der Waals surface area contributed by atoms with Gasteiger partial charge < -0.3 is 5.11 Å². The number of carbonyl (C=O) groups excluding carboxylic acids is 4. The predicted molar refractivity (Wildman–Crippen MR) is 129 cm³/mol. The lowest BCUT2D eigenvalue weighted by molar-refractivity contribution is -0.145. The van der Waals surface area contributed by atoms with Gasteiger partial charge in [0.15, 0.2) is 11.6 Å². The van der Waals surface area contributed by atoms with Crippen LogP contribution in [-0.2, 0) is 19.2 Å². The maximum Gasteiger partial charge on any atom is 0.234 e. The molecule has 0 saturated carbocycles. The molecular formula is C27H26BrNO5. The Labute approximate surface area is 206 Å². The number of likely N-dealkylation sites (tertiary alicyclic amines) is 1. The van der Waals surface area contributed by atoms with E-state index < -0.39 is 29.2 Å². The Hall–Kier alpha value is -2.80. The van der Waals surface area contributed by atoms with Crippen molar-refractivity contribution >= 4 is 39.3 Å². The van der Waals surface area contributed by atoms with Gasteiger partial charge in [0.05, 0.1) is 11.8 Å². The van der Waals surface area contributed by atoms with Crippen LogP contribution in [0.25, 0.3) is 0 Å². The lowest BCUT2D eigenvalue weighted by Crippen LogP contribution is -2.46. The Balaban J connectivity index is 1.71. The fraction of sp³-hybridized carbons (Fsp3) is 0.407. The number of aromatic hydroxyl groups is 1. The molecule has 2 amide bonds. The maximum atomic E-state index is 13.6. The van der Waals surface area contributed by atoms with Gasteiger partial charge in [-0.25, -0.2) is 0 Å². The summed E-state index contributed by atoms with van der Waals surface area (Å²) in [6.07, 6.45) is 3.94. The van der Waals surface area contributed by atoms with Crippen molar-refractivity contribution < 1.29 is 24.3 Å². The Morgan fingerprint density at radius 1 is 1.06 bits per heavy atom. The minimum atomic E-state index is -0.654. The van der Waals surface area contributed by atoms with Crippen LogP contribution in [0.15, 0.2) is 57.1 Å². The van der Waals surface area contributed by atoms with Crippen molar-refractivity contribution in [2.75, 3.05) is 0 Å². The van der Waals surface area contributed by atoms with E-state index in [9.17, 15) is 24.3 Å². The normalized spacial score (nSPS) is 29.0. The number of Topliss-reactive ketones (excluding diaryl/α,β-unsaturated/α-hetero) is 1. The molecule has 7 heteroatoms. The SMILES string of the molecule is CC1=CC(=O)C2=C(C1=O)C(c1cc(Br)ccc1O)C1=CCC3C(=O)N(C(C)(C)C)C(=O)C3C1C2. The standard InChI is InChI=1S/C27H26BrNO5/c1-12-9-20(31)18-11-16-14(6-7-15-22(16)26(34)29(25(15)33)27(2,3)4)21(23(18)24(12)32)17-10-13(28)5-8-19(17)30/h5-6,8-10,15-16,21-22,30H,7,11H2,1-4H3. The molecule has 1 fully saturated rings. The minimum absolute atomic E-state index is 0.0151. The molecule has 3 aliphatic carbocycles. The molecular weight excluding hydrogens is 498 g/mol. The monoisotopic (exact) mass is 523 g/mol. The summed E-state index contributed by atoms with van der Waals surface area (Å²) in [5.74, 6) is -2.96. The molecule has 4 atom stereocenters. The lowest BCUT2D eigenvalue weighted by Gasteiger charge is -2.42. The summed E-state index contributed by atoms with van der Waals surface area (Å²) in [4.78, 5) is 54.7. The lowest BCUT2D eigenvalue weighted by atomic mass is 9.59. The van der Waals surface area contributed by atoms with Crippen LogP contribution in [-0.4, -0.2) is 38.9 Å². The number of benzene rings is 1. The maximum absolute atomic E-state index is 13.6. The highest BCUT2D eigenvalue weighted by atomic mass is 79.9. The molecule has 1 heterocycles. The number of imide groups is 1. The van der Waals surface area contributed by atoms with E-state index in [1.165, 1.54) is 11.0 Å². The largest absolute Gasteiger partial charge is 0.508 e. The van der Waals surface area contributed by atoms with Crippen LogP contribution in [0.4, 0.5) is 0 Å². The molecule has 4 unspecified atom stereocenters. The van der Waals surface area contributed by atoms with E-state index >= 15 is 0 Å². The highest BCUT2D eigenvalue weighted by Crippen LogP contribution is 2.56. The van der Waals surface area contributed by atoms with Crippen molar-refractivity contribution in [3.63, 3.8) is 0 Å². The molecule has 1 aromatic rings. The molecule has 34 heavy (non-hydrogen) atoms. The Kier molecular flexibility index (Phi) is 5.13. The number of fused-ring (bicyclic) bond motifs is 3. The molecule has 0 aromatic heterocycles. The molecule has 1 aliphatic heterocycles. The van der Waals surface area contributed by atoms with Crippen LogP contribution in [0, 0.1) is 17.8 Å². The van der Waals surface area contributed by atoms with Crippen LogP contribution < -0.4 is 0 Å². The van der Waals surface area contributed by atoms with Gasteiger partial charge in [-0.05, 0) is 70.7 Å². The zero-order valence-corrected chi connectivity index (χ0v) is 21.1. The molecule has 176 valence electrons. The summed E-state index contributed by atoms with van der Waals surface area (Å²) < 4.78 is 0.728. The smallest absolute Gasteiger partial charge is 0.234 e. The fourth-order valence-corrected chi connectivity index (χ4v) is 6.51. The van der Waals surface area contributed by atoms with Gasteiger partial charge >= 0.3 is 0 Å². The van der Waals surface area contributed by atoms with Crippen molar-refractivity contribution in [2.45, 2.75) is 52.0 Å². The van der Waals surface area contributed by atoms with E-state index in [1.807, 2.05) is 26.8 Å². The molecule has 5 rings (SSSR count). The Morgan fingerprint density at radius 3 is 2.44 bits per heavy atom. The van der Waals surface area contributed by atoms with E-state index in [-0.39, 0.29) is 35.6 Å². The first-order chi connectivity index (χ1) is 15.9. The van der Waals surface area contributed by atoms with Crippen LogP contribution in [0.5, 0.6) is 5.75 Å². The average Bonchev–Trinajstić information content (AvgIpc) is 3.03. The zero-order valence-electron chi connectivity index (χ0n) is 19.5. The number of phenolic OH excluding ortho intramolecular Hbond substituents is 1. The van der Waals surface area contributed by atoms with Crippen molar-refractivity contribution in [3.05, 3.63) is 62.7 Å². The van der Waals surface area contributed by atoms with Gasteiger partial charge in [-0.3, -0.25) is 24.1 Å². The second-order valence-corrected chi connectivity index (χ2v) is 11.5. The van der Waals surface area contributed by atoms with E-state index in [4.69, 9.17) is 0 Å². The highest BCUT2D eigenvalue weighted by molar-refractivity contribution is 9.10. The first kappa shape index (κ1) is 23.0. The van der Waals surface area contributed by atoms with Crippen molar-refractivity contribution in [3.8, 4) is 5.75 Å². The third-order valence-electron chi connectivity index (χ3n) is 7.54. The van der Waals surface area contributed by atoms with Crippen molar-refractivity contribution in [2.24, 2.45) is 17.8 Å². The van der Waals surface area contributed by atoms with E-state index in [2.05, 4.69) is 15.9 Å². The molecule has 0 spiro atoms. The van der Waals surface area contributed by atoms with E-state index in [1.54, 1.807) is 25.1 Å². The molecule has 4 aliphatic rings. The number of phenols is 1. The van der Waals surface area contributed by atoms with Gasteiger partial charge in [-0.2, -0.15) is 0 Å². The molecule has 1 N–H and O–H groups in total. The van der Waals surface area contributed by atoms with Crippen LogP contribution >= 0.6 is 15.9 Å². The summed E-state index contributed by atoms with van der Waals surface area (Å²) in [7, 11) is 0. The number of hydrogen-bond donors (Lipinski definition) is 1. The first-order valence-corrected chi connectivity index (χ1v) is 12.3. The molecule has 6 nitrogen and oxygen atoms in total. The second-order valence-electron chi connectivity index (χ2n) is 10.6. The number of nitrogens with zero attached hydrogens (tertiary/aromatic N) is 1. The summed E-state index contributed by atoms with van der Waals surface area (Å²) in [5.41, 5.74) is 1.82. The zero-order chi connectivity index (χ0) is 24.7. The fourth-order valence-electron chi connectivity index (χ4n) is 6.13. The van der Waals surface area contributed by atoms with Gasteiger partial charge in [0.25, 0.3) is 0 Å².